The van der Waals surface area contributed by atoms with Gasteiger partial charge in [0.2, 0.25) is 0 Å². The Morgan fingerprint density at radius 3 is 2.38 bits per heavy atom. The average molecular weight is 447 g/mol. The van der Waals surface area contributed by atoms with E-state index in [4.69, 9.17) is 9.47 Å². The Balaban J connectivity index is 1.91. The van der Waals surface area contributed by atoms with Crippen LogP contribution in [0.3, 0.4) is 0 Å². The maximum absolute atomic E-state index is 13.4. The molecule has 1 amide bonds. The minimum atomic E-state index is -4.67. The van der Waals surface area contributed by atoms with Crippen molar-refractivity contribution in [1.82, 2.24) is 4.90 Å². The minimum absolute atomic E-state index is 0.0368. The van der Waals surface area contributed by atoms with E-state index < -0.39 is 24.0 Å². The molecule has 10 heteroatoms. The normalized spacial score (nSPS) is 14.7. The van der Waals surface area contributed by atoms with Crippen molar-refractivity contribution in [2.75, 3.05) is 20.2 Å². The van der Waals surface area contributed by atoms with Crippen molar-refractivity contribution < 1.29 is 31.8 Å². The van der Waals surface area contributed by atoms with Crippen molar-refractivity contribution in [3.05, 3.63) is 58.4 Å². The van der Waals surface area contributed by atoms with E-state index in [9.17, 15) is 32.9 Å². The Hall–Kier alpha value is -3.79. The molecule has 0 bridgehead atoms. The summed E-state index contributed by atoms with van der Waals surface area (Å²) < 4.78 is 62.6. The molecule has 0 spiro atoms. The van der Waals surface area contributed by atoms with Crippen molar-refractivity contribution in [3.63, 3.8) is 0 Å². The number of alkyl halides is 3. The van der Waals surface area contributed by atoms with Gasteiger partial charge in [0.1, 0.15) is 23.2 Å². The van der Waals surface area contributed by atoms with Crippen LogP contribution in [0, 0.1) is 28.5 Å². The van der Waals surface area contributed by atoms with Crippen molar-refractivity contribution in [3.8, 4) is 23.6 Å². The van der Waals surface area contributed by atoms with Gasteiger partial charge in [-0.1, -0.05) is 6.07 Å². The molecule has 0 saturated carbocycles. The summed E-state index contributed by atoms with van der Waals surface area (Å²) in [7, 11) is 1.19. The fourth-order valence-corrected chi connectivity index (χ4v) is 3.40. The number of hydrogen-bond donors (Lipinski definition) is 0. The molecule has 32 heavy (non-hydrogen) atoms. The van der Waals surface area contributed by atoms with Gasteiger partial charge in [0.05, 0.1) is 24.3 Å². The standard InChI is InChI=1S/C22H17F4N3O3/c1-12(22(24,25)26)32-18-6-3-13(8-27)20(31-2)19(18)21(30)29-10-15(11-29)17-5-4-16(23)7-14(17)9-28/h3-7,12,15H,10-11H2,1-2H3/t12-/m0/s1. The number of carbonyl (C=O) groups is 1. The van der Waals surface area contributed by atoms with Crippen LogP contribution in [-0.2, 0) is 0 Å². The van der Waals surface area contributed by atoms with Gasteiger partial charge >= 0.3 is 6.18 Å². The molecule has 0 N–H and O–H groups in total. The van der Waals surface area contributed by atoms with E-state index >= 15 is 0 Å². The van der Waals surface area contributed by atoms with Gasteiger partial charge < -0.3 is 14.4 Å². The Bertz CT molecular complexity index is 1130. The van der Waals surface area contributed by atoms with Crippen LogP contribution in [0.15, 0.2) is 30.3 Å². The molecule has 2 aromatic rings. The van der Waals surface area contributed by atoms with E-state index in [-0.39, 0.29) is 47.2 Å². The average Bonchev–Trinajstić information content (AvgIpc) is 2.72. The number of hydrogen-bond acceptors (Lipinski definition) is 5. The molecule has 6 nitrogen and oxygen atoms in total. The zero-order chi connectivity index (χ0) is 23.6. The predicted molar refractivity (Wildman–Crippen MR) is 104 cm³/mol. The number of rotatable bonds is 5. The maximum atomic E-state index is 13.4. The highest BCUT2D eigenvalue weighted by Crippen LogP contribution is 2.38. The molecule has 1 aliphatic rings. The molecule has 0 aromatic heterocycles. The van der Waals surface area contributed by atoms with Crippen LogP contribution in [0.2, 0.25) is 0 Å². The number of halogens is 4. The molecular formula is C22H17F4N3O3. The van der Waals surface area contributed by atoms with Gasteiger partial charge in [-0.05, 0) is 36.8 Å². The molecule has 1 saturated heterocycles. The van der Waals surface area contributed by atoms with E-state index in [1.807, 2.05) is 12.1 Å². The van der Waals surface area contributed by atoms with Gasteiger partial charge in [0.25, 0.3) is 5.91 Å². The van der Waals surface area contributed by atoms with Gasteiger partial charge in [-0.2, -0.15) is 23.7 Å². The van der Waals surface area contributed by atoms with Crippen LogP contribution in [-0.4, -0.2) is 43.3 Å². The van der Waals surface area contributed by atoms with Gasteiger partial charge in [-0.15, -0.1) is 0 Å². The second-order valence-corrected chi connectivity index (χ2v) is 7.18. The summed E-state index contributed by atoms with van der Waals surface area (Å²) in [4.78, 5) is 14.5. The summed E-state index contributed by atoms with van der Waals surface area (Å²) in [6.45, 7) is 1.09. The second kappa shape index (κ2) is 8.75. The molecular weight excluding hydrogens is 430 g/mol. The number of ether oxygens (including phenoxy) is 2. The van der Waals surface area contributed by atoms with Crippen molar-refractivity contribution in [2.24, 2.45) is 0 Å². The fraction of sp³-hybridized carbons (Fsp3) is 0.318. The summed E-state index contributed by atoms with van der Waals surface area (Å²) >= 11 is 0. The molecule has 0 unspecified atom stereocenters. The quantitative estimate of drug-likeness (QED) is 0.643. The lowest BCUT2D eigenvalue weighted by molar-refractivity contribution is -0.189. The van der Waals surface area contributed by atoms with Gasteiger partial charge in [0.15, 0.2) is 11.9 Å². The molecule has 1 atom stereocenters. The summed E-state index contributed by atoms with van der Waals surface area (Å²) in [5.74, 6) is -2.04. The smallest absolute Gasteiger partial charge is 0.425 e. The number of nitriles is 2. The summed E-state index contributed by atoms with van der Waals surface area (Å²) in [6.07, 6.45) is -6.87. The lowest BCUT2D eigenvalue weighted by Crippen LogP contribution is -2.49. The van der Waals surface area contributed by atoms with E-state index in [1.54, 1.807) is 0 Å². The van der Waals surface area contributed by atoms with Crippen LogP contribution in [0.1, 0.15) is 39.9 Å². The van der Waals surface area contributed by atoms with E-state index in [1.165, 1.54) is 30.2 Å². The summed E-state index contributed by atoms with van der Waals surface area (Å²) in [5.41, 5.74) is 0.387. The lowest BCUT2D eigenvalue weighted by Gasteiger charge is -2.40. The van der Waals surface area contributed by atoms with Gasteiger partial charge in [0, 0.05) is 19.0 Å². The number of benzene rings is 2. The first-order valence-electron chi connectivity index (χ1n) is 9.44. The lowest BCUT2D eigenvalue weighted by atomic mass is 9.87. The number of nitrogens with zero attached hydrogens (tertiary/aromatic N) is 3. The van der Waals surface area contributed by atoms with Crippen LogP contribution in [0.4, 0.5) is 17.6 Å². The Kier molecular flexibility index (Phi) is 6.26. The molecule has 0 aliphatic carbocycles. The highest BCUT2D eigenvalue weighted by Gasteiger charge is 2.41. The monoisotopic (exact) mass is 447 g/mol. The fourth-order valence-electron chi connectivity index (χ4n) is 3.40. The van der Waals surface area contributed by atoms with E-state index in [0.29, 0.717) is 5.56 Å². The largest absolute Gasteiger partial charge is 0.494 e. The molecule has 166 valence electrons. The molecule has 1 heterocycles. The Morgan fingerprint density at radius 2 is 1.81 bits per heavy atom. The highest BCUT2D eigenvalue weighted by molar-refractivity contribution is 6.01. The topological polar surface area (TPSA) is 86.3 Å². The van der Waals surface area contributed by atoms with Gasteiger partial charge in [-0.3, -0.25) is 4.79 Å². The first-order chi connectivity index (χ1) is 15.1. The number of amides is 1. The third-order valence-corrected chi connectivity index (χ3v) is 5.17. The number of methoxy groups -OCH3 is 1. The maximum Gasteiger partial charge on any atom is 0.425 e. The third-order valence-electron chi connectivity index (χ3n) is 5.17. The van der Waals surface area contributed by atoms with Crippen molar-refractivity contribution >= 4 is 5.91 Å². The highest BCUT2D eigenvalue weighted by atomic mass is 19.4. The Labute approximate surface area is 181 Å². The molecule has 1 aliphatic heterocycles. The first kappa shape index (κ1) is 22.9. The van der Waals surface area contributed by atoms with Crippen LogP contribution in [0.5, 0.6) is 11.5 Å². The third kappa shape index (κ3) is 4.30. The zero-order valence-electron chi connectivity index (χ0n) is 17.0. The van der Waals surface area contributed by atoms with Crippen molar-refractivity contribution in [1.29, 1.82) is 10.5 Å². The van der Waals surface area contributed by atoms with Crippen molar-refractivity contribution in [2.45, 2.75) is 25.1 Å². The van der Waals surface area contributed by atoms with Gasteiger partial charge in [-0.25, -0.2) is 4.39 Å². The Morgan fingerprint density at radius 1 is 1.16 bits per heavy atom. The second-order valence-electron chi connectivity index (χ2n) is 7.18. The van der Waals surface area contributed by atoms with Crippen LogP contribution < -0.4 is 9.47 Å². The van der Waals surface area contributed by atoms with Crippen LogP contribution >= 0.6 is 0 Å². The minimum Gasteiger partial charge on any atom is -0.494 e. The number of carbonyl (C=O) groups excluding carboxylic acids is 1. The first-order valence-corrected chi connectivity index (χ1v) is 9.44. The summed E-state index contributed by atoms with van der Waals surface area (Å²) in [6, 6.07) is 9.87. The van der Waals surface area contributed by atoms with E-state index in [0.717, 1.165) is 19.1 Å². The zero-order valence-corrected chi connectivity index (χ0v) is 17.0. The van der Waals surface area contributed by atoms with E-state index in [2.05, 4.69) is 0 Å². The molecule has 1 fully saturated rings. The molecule has 2 aromatic carbocycles. The predicted octanol–water partition coefficient (Wildman–Crippen LogP) is 4.15. The molecule has 3 rings (SSSR count). The SMILES string of the molecule is COc1c(C#N)ccc(O[C@@H](C)C(F)(F)F)c1C(=O)N1CC(c2ccc(F)cc2C#N)C1. The van der Waals surface area contributed by atoms with Crippen LogP contribution in [0.25, 0.3) is 0 Å². The number of likely N-dealkylation sites (tertiary alicyclic amines) is 1. The summed E-state index contributed by atoms with van der Waals surface area (Å²) in [5, 5.41) is 18.5. The molecule has 0 radical (unpaired) electrons.